The van der Waals surface area contributed by atoms with Gasteiger partial charge in [0.25, 0.3) is 23.6 Å². The number of hydrogen-bond acceptors (Lipinski definition) is 6. The molecule has 0 saturated carbocycles. The second-order valence-electron chi connectivity index (χ2n) is 8.99. The molecule has 5 rings (SSSR count). The molecule has 0 atom stereocenters. The molecular formula is C32H25N3O5S. The van der Waals surface area contributed by atoms with Crippen molar-refractivity contribution in [1.82, 2.24) is 10.2 Å². The Morgan fingerprint density at radius 1 is 0.829 bits per heavy atom. The highest BCUT2D eigenvalue weighted by molar-refractivity contribution is 7.99. The predicted molar refractivity (Wildman–Crippen MR) is 158 cm³/mol. The zero-order valence-electron chi connectivity index (χ0n) is 22.0. The van der Waals surface area contributed by atoms with Crippen LogP contribution in [0.25, 0.3) is 6.08 Å². The van der Waals surface area contributed by atoms with Crippen molar-refractivity contribution in [3.63, 3.8) is 0 Å². The number of hydrogen-bond donors (Lipinski definition) is 2. The minimum absolute atomic E-state index is 0.0492. The van der Waals surface area contributed by atoms with Gasteiger partial charge in [0.1, 0.15) is 11.4 Å². The second kappa shape index (κ2) is 12.4. The lowest BCUT2D eigenvalue weighted by molar-refractivity contribution is -0.113. The highest BCUT2D eigenvalue weighted by Crippen LogP contribution is 2.28. The molecule has 4 aromatic carbocycles. The standard InChI is InChI=1S/C32H25N3O5S/c1-40-24-16-14-21(15-17-24)18-28(34-29(36)22-8-3-2-4-9-22)30(37)33-23-10-7-11-25(19-23)41-20-35-31(38)26-12-5-6-13-27(26)32(35)39/h2-19H,20H2,1H3,(H,33,37)(H,34,36)/b28-18+. The van der Waals surface area contributed by atoms with Crippen LogP contribution in [0.4, 0.5) is 5.69 Å². The van der Waals surface area contributed by atoms with Crippen LogP contribution in [0, 0.1) is 0 Å². The van der Waals surface area contributed by atoms with E-state index >= 15 is 0 Å². The van der Waals surface area contributed by atoms with Gasteiger partial charge >= 0.3 is 0 Å². The molecule has 0 spiro atoms. The molecule has 1 heterocycles. The lowest BCUT2D eigenvalue weighted by atomic mass is 10.1. The summed E-state index contributed by atoms with van der Waals surface area (Å²) in [5.74, 6) is -0.815. The number of fused-ring (bicyclic) bond motifs is 1. The Bertz CT molecular complexity index is 1620. The molecular weight excluding hydrogens is 538 g/mol. The van der Waals surface area contributed by atoms with E-state index in [-0.39, 0.29) is 23.4 Å². The van der Waals surface area contributed by atoms with Gasteiger partial charge in [-0.2, -0.15) is 0 Å². The van der Waals surface area contributed by atoms with Gasteiger partial charge in [0, 0.05) is 16.1 Å². The fourth-order valence-corrected chi connectivity index (χ4v) is 5.06. The molecule has 2 N–H and O–H groups in total. The molecule has 4 aromatic rings. The minimum Gasteiger partial charge on any atom is -0.497 e. The lowest BCUT2D eigenvalue weighted by Crippen LogP contribution is -2.30. The molecule has 0 fully saturated rings. The van der Waals surface area contributed by atoms with Crippen LogP contribution in [0.5, 0.6) is 5.75 Å². The number of nitrogens with one attached hydrogen (secondary N) is 2. The van der Waals surface area contributed by atoms with Crippen molar-refractivity contribution in [2.75, 3.05) is 18.3 Å². The first-order valence-electron chi connectivity index (χ1n) is 12.6. The van der Waals surface area contributed by atoms with Crippen LogP contribution in [0.3, 0.4) is 0 Å². The van der Waals surface area contributed by atoms with E-state index in [1.807, 2.05) is 6.07 Å². The van der Waals surface area contributed by atoms with Gasteiger partial charge in [-0.25, -0.2) is 0 Å². The number of rotatable bonds is 9. The molecule has 9 heteroatoms. The zero-order valence-corrected chi connectivity index (χ0v) is 22.8. The number of anilines is 1. The smallest absolute Gasteiger partial charge is 0.272 e. The molecule has 41 heavy (non-hydrogen) atoms. The Balaban J connectivity index is 1.31. The molecule has 0 bridgehead atoms. The average molecular weight is 564 g/mol. The Morgan fingerprint density at radius 2 is 1.49 bits per heavy atom. The van der Waals surface area contributed by atoms with E-state index in [1.54, 1.807) is 110 Å². The van der Waals surface area contributed by atoms with E-state index in [2.05, 4.69) is 10.6 Å². The molecule has 204 valence electrons. The van der Waals surface area contributed by atoms with Crippen LogP contribution in [0.1, 0.15) is 36.6 Å². The Hall–Kier alpha value is -5.15. The molecule has 8 nitrogen and oxygen atoms in total. The van der Waals surface area contributed by atoms with Crippen molar-refractivity contribution in [2.45, 2.75) is 4.90 Å². The van der Waals surface area contributed by atoms with Gasteiger partial charge in [-0.05, 0) is 66.2 Å². The molecule has 0 saturated heterocycles. The lowest BCUT2D eigenvalue weighted by Gasteiger charge is -2.14. The van der Waals surface area contributed by atoms with Crippen LogP contribution in [-0.2, 0) is 4.79 Å². The third kappa shape index (κ3) is 6.37. The number of thioether (sulfide) groups is 1. The van der Waals surface area contributed by atoms with Crippen molar-refractivity contribution in [3.05, 3.63) is 131 Å². The number of amides is 4. The van der Waals surface area contributed by atoms with Gasteiger partial charge < -0.3 is 15.4 Å². The van der Waals surface area contributed by atoms with Gasteiger partial charge in [0.2, 0.25) is 0 Å². The Kier molecular flexibility index (Phi) is 8.26. The number of ether oxygens (including phenoxy) is 1. The number of carbonyl (C=O) groups excluding carboxylic acids is 4. The quantitative estimate of drug-likeness (QED) is 0.159. The highest BCUT2D eigenvalue weighted by Gasteiger charge is 2.34. The summed E-state index contributed by atoms with van der Waals surface area (Å²) in [5, 5.41) is 5.55. The van der Waals surface area contributed by atoms with Gasteiger partial charge in [-0.3, -0.25) is 24.1 Å². The van der Waals surface area contributed by atoms with Crippen LogP contribution in [0.15, 0.2) is 114 Å². The third-order valence-corrected chi connectivity index (χ3v) is 7.26. The fraction of sp³-hybridized carbons (Fsp3) is 0.0625. The van der Waals surface area contributed by atoms with Crippen molar-refractivity contribution >= 4 is 47.2 Å². The first-order chi connectivity index (χ1) is 19.9. The third-order valence-electron chi connectivity index (χ3n) is 6.29. The highest BCUT2D eigenvalue weighted by atomic mass is 32.2. The van der Waals surface area contributed by atoms with Crippen LogP contribution >= 0.6 is 11.8 Å². The minimum atomic E-state index is -0.521. The normalized spacial score (nSPS) is 12.6. The summed E-state index contributed by atoms with van der Waals surface area (Å²) >= 11 is 1.30. The van der Waals surface area contributed by atoms with Crippen molar-refractivity contribution in [1.29, 1.82) is 0 Å². The molecule has 0 aromatic heterocycles. The molecule has 1 aliphatic rings. The largest absolute Gasteiger partial charge is 0.497 e. The second-order valence-corrected chi connectivity index (χ2v) is 10.0. The van der Waals surface area contributed by atoms with Crippen LogP contribution in [0.2, 0.25) is 0 Å². The van der Waals surface area contributed by atoms with Gasteiger partial charge in [-0.1, -0.05) is 48.5 Å². The van der Waals surface area contributed by atoms with Crippen molar-refractivity contribution in [3.8, 4) is 5.75 Å². The van der Waals surface area contributed by atoms with E-state index < -0.39 is 11.8 Å². The van der Waals surface area contributed by atoms with Crippen LogP contribution in [-0.4, -0.2) is 41.5 Å². The number of nitrogens with zero attached hydrogens (tertiary/aromatic N) is 1. The average Bonchev–Trinajstić information content (AvgIpc) is 3.25. The van der Waals surface area contributed by atoms with E-state index in [9.17, 15) is 19.2 Å². The maximum atomic E-state index is 13.4. The first-order valence-corrected chi connectivity index (χ1v) is 13.6. The SMILES string of the molecule is COc1ccc(/C=C(/NC(=O)c2ccccc2)C(=O)Nc2cccc(SCN3C(=O)c4ccccc4C3=O)c2)cc1. The van der Waals surface area contributed by atoms with Crippen LogP contribution < -0.4 is 15.4 Å². The summed E-state index contributed by atoms with van der Waals surface area (Å²) in [4.78, 5) is 53.6. The zero-order chi connectivity index (χ0) is 28.8. The molecule has 4 amide bonds. The van der Waals surface area contributed by atoms with E-state index in [0.717, 1.165) is 4.90 Å². The van der Waals surface area contributed by atoms with E-state index in [1.165, 1.54) is 16.7 Å². The molecule has 1 aliphatic heterocycles. The monoisotopic (exact) mass is 563 g/mol. The van der Waals surface area contributed by atoms with Crippen molar-refractivity contribution in [2.24, 2.45) is 0 Å². The first kappa shape index (κ1) is 27.4. The summed E-state index contributed by atoms with van der Waals surface area (Å²) in [7, 11) is 1.57. The number of benzene rings is 4. The summed E-state index contributed by atoms with van der Waals surface area (Å²) < 4.78 is 5.20. The summed E-state index contributed by atoms with van der Waals surface area (Å²) in [6.07, 6.45) is 1.58. The van der Waals surface area contributed by atoms with E-state index in [4.69, 9.17) is 4.74 Å². The van der Waals surface area contributed by atoms with Gasteiger partial charge in [0.05, 0.1) is 24.1 Å². The molecule has 0 aliphatic carbocycles. The molecule has 0 radical (unpaired) electrons. The number of imide groups is 1. The summed E-state index contributed by atoms with van der Waals surface area (Å²) in [5.41, 5.74) is 2.42. The van der Waals surface area contributed by atoms with Gasteiger partial charge in [-0.15, -0.1) is 11.8 Å². The molecule has 0 unspecified atom stereocenters. The maximum absolute atomic E-state index is 13.4. The van der Waals surface area contributed by atoms with E-state index in [0.29, 0.717) is 33.7 Å². The Labute approximate surface area is 241 Å². The predicted octanol–water partition coefficient (Wildman–Crippen LogP) is 5.45. The van der Waals surface area contributed by atoms with Gasteiger partial charge in [0.15, 0.2) is 0 Å². The maximum Gasteiger partial charge on any atom is 0.272 e. The van der Waals surface area contributed by atoms with Crippen molar-refractivity contribution < 1.29 is 23.9 Å². The topological polar surface area (TPSA) is 105 Å². The number of methoxy groups -OCH3 is 1. The fourth-order valence-electron chi connectivity index (χ4n) is 4.17. The Morgan fingerprint density at radius 3 is 2.15 bits per heavy atom. The summed E-state index contributed by atoms with van der Waals surface area (Å²) in [6, 6.07) is 29.5. The number of carbonyl (C=O) groups is 4. The summed E-state index contributed by atoms with van der Waals surface area (Å²) in [6.45, 7) is 0.